The van der Waals surface area contributed by atoms with Gasteiger partial charge >= 0.3 is 0 Å². The van der Waals surface area contributed by atoms with Gasteiger partial charge in [-0.2, -0.15) is 0 Å². The number of nitrogens with two attached hydrogens (primary N) is 1. The molecule has 2 rings (SSSR count). The molecule has 0 bridgehead atoms. The van der Waals surface area contributed by atoms with Gasteiger partial charge < -0.3 is 11.1 Å². The van der Waals surface area contributed by atoms with Crippen LogP contribution >= 0.6 is 0 Å². The summed E-state index contributed by atoms with van der Waals surface area (Å²) < 4.78 is 0. The summed E-state index contributed by atoms with van der Waals surface area (Å²) in [5, 5.41) is 3.63. The van der Waals surface area contributed by atoms with Crippen molar-refractivity contribution >= 4 is 0 Å². The first-order valence-corrected chi connectivity index (χ1v) is 7.07. The van der Waals surface area contributed by atoms with E-state index in [4.69, 9.17) is 5.73 Å². The topological polar surface area (TPSA) is 38.0 Å². The lowest BCUT2D eigenvalue weighted by Crippen LogP contribution is -2.33. The zero-order valence-corrected chi connectivity index (χ0v) is 11.9. The lowest BCUT2D eigenvalue weighted by atomic mass is 9.76. The highest BCUT2D eigenvalue weighted by atomic mass is 14.9. The molecule has 2 aliphatic carbocycles. The minimum Gasteiger partial charge on any atom is -0.397 e. The number of hydrogen-bond donors (Lipinski definition) is 2. The second-order valence-corrected chi connectivity index (χ2v) is 6.58. The van der Waals surface area contributed by atoms with Gasteiger partial charge in [-0.05, 0) is 43.1 Å². The molecule has 0 fully saturated rings. The molecule has 100 valence electrons. The third-order valence-corrected chi connectivity index (χ3v) is 4.01. The van der Waals surface area contributed by atoms with Gasteiger partial charge in [-0.25, -0.2) is 0 Å². The van der Waals surface area contributed by atoms with Crippen LogP contribution in [0.3, 0.4) is 0 Å². The fourth-order valence-corrected chi connectivity index (χ4v) is 2.62. The molecule has 0 spiro atoms. The van der Waals surface area contributed by atoms with Gasteiger partial charge in [0.15, 0.2) is 0 Å². The predicted octanol–water partition coefficient (Wildman–Crippen LogP) is 3.48. The zero-order valence-electron chi connectivity index (χ0n) is 11.9. The Bertz CT molecular complexity index is 382. The summed E-state index contributed by atoms with van der Waals surface area (Å²) in [5.74, 6) is 0.569. The number of allylic oxidation sites excluding steroid dienone is 4. The molecule has 0 amide bonds. The average molecular weight is 246 g/mol. The van der Waals surface area contributed by atoms with Crippen molar-refractivity contribution in [1.29, 1.82) is 0 Å². The molecule has 0 aliphatic heterocycles. The molecule has 0 saturated heterocycles. The van der Waals surface area contributed by atoms with Crippen LogP contribution < -0.4 is 11.1 Å². The van der Waals surface area contributed by atoms with Crippen molar-refractivity contribution in [1.82, 2.24) is 5.32 Å². The molecule has 1 unspecified atom stereocenters. The van der Waals surface area contributed by atoms with Crippen molar-refractivity contribution in [3.05, 3.63) is 35.7 Å². The Labute approximate surface area is 111 Å². The van der Waals surface area contributed by atoms with Crippen LogP contribution in [0.2, 0.25) is 0 Å². The molecule has 0 radical (unpaired) electrons. The second-order valence-electron chi connectivity index (χ2n) is 6.58. The summed E-state index contributed by atoms with van der Waals surface area (Å²) in [4.78, 5) is 0. The summed E-state index contributed by atoms with van der Waals surface area (Å²) in [6.45, 7) is 6.88. The van der Waals surface area contributed by atoms with E-state index >= 15 is 0 Å². The molecule has 18 heavy (non-hydrogen) atoms. The summed E-state index contributed by atoms with van der Waals surface area (Å²) in [6, 6.07) is 0.472. The molecule has 0 saturated carbocycles. The molecule has 0 aromatic rings. The summed E-state index contributed by atoms with van der Waals surface area (Å²) >= 11 is 0. The van der Waals surface area contributed by atoms with Gasteiger partial charge in [0.1, 0.15) is 0 Å². The predicted molar refractivity (Wildman–Crippen MR) is 77.8 cm³/mol. The van der Waals surface area contributed by atoms with E-state index in [-0.39, 0.29) is 0 Å². The van der Waals surface area contributed by atoms with Crippen LogP contribution in [-0.2, 0) is 0 Å². The van der Waals surface area contributed by atoms with E-state index in [1.165, 1.54) is 25.0 Å². The maximum Gasteiger partial charge on any atom is 0.0504 e. The van der Waals surface area contributed by atoms with Crippen molar-refractivity contribution in [3.8, 4) is 0 Å². The van der Waals surface area contributed by atoms with Crippen LogP contribution in [0.5, 0.6) is 0 Å². The highest BCUT2D eigenvalue weighted by molar-refractivity contribution is 5.29. The van der Waals surface area contributed by atoms with Crippen LogP contribution in [0.1, 0.15) is 46.5 Å². The van der Waals surface area contributed by atoms with Crippen LogP contribution in [0.25, 0.3) is 0 Å². The summed E-state index contributed by atoms with van der Waals surface area (Å²) in [5.41, 5.74) is 8.55. The Balaban J connectivity index is 2.04. The van der Waals surface area contributed by atoms with Crippen LogP contribution in [0.15, 0.2) is 35.7 Å². The fraction of sp³-hybridized carbons (Fsp3) is 0.625. The lowest BCUT2D eigenvalue weighted by molar-refractivity contribution is 0.283. The minimum absolute atomic E-state index is 0.298. The molecule has 2 atom stereocenters. The lowest BCUT2D eigenvalue weighted by Gasteiger charge is -2.33. The molecular formula is C16H26N2. The van der Waals surface area contributed by atoms with Gasteiger partial charge in [-0.3, -0.25) is 0 Å². The van der Waals surface area contributed by atoms with Gasteiger partial charge in [0.25, 0.3) is 0 Å². The van der Waals surface area contributed by atoms with Crippen molar-refractivity contribution in [2.45, 2.75) is 52.5 Å². The maximum absolute atomic E-state index is 6.11. The van der Waals surface area contributed by atoms with E-state index in [2.05, 4.69) is 50.4 Å². The van der Waals surface area contributed by atoms with Gasteiger partial charge in [-0.1, -0.05) is 39.0 Å². The number of hydrogen-bond acceptors (Lipinski definition) is 2. The standard InChI is InChI=1S/C16H26N2/c1-16(2,3)12-9-10-14(17)15(11-12)18-13-7-5-4-6-8-13/h5,7,9-10,12-13,18H,4,6,8,11,17H2,1-3H3/t12-,13?/m1/s1. The van der Waals surface area contributed by atoms with Crippen LogP contribution in [0, 0.1) is 11.3 Å². The average Bonchev–Trinajstić information content (AvgIpc) is 2.32. The molecule has 0 aromatic heterocycles. The van der Waals surface area contributed by atoms with Crippen LogP contribution in [0.4, 0.5) is 0 Å². The molecule has 3 N–H and O–H groups in total. The van der Waals surface area contributed by atoms with E-state index in [0.717, 1.165) is 12.1 Å². The fourth-order valence-electron chi connectivity index (χ4n) is 2.62. The Kier molecular flexibility index (Phi) is 3.84. The number of rotatable bonds is 2. The normalized spacial score (nSPS) is 28.6. The van der Waals surface area contributed by atoms with E-state index in [1.54, 1.807) is 0 Å². The molecular weight excluding hydrogens is 220 g/mol. The van der Waals surface area contributed by atoms with E-state index in [0.29, 0.717) is 17.4 Å². The first-order chi connectivity index (χ1) is 8.47. The number of nitrogens with one attached hydrogen (secondary N) is 1. The van der Waals surface area contributed by atoms with Gasteiger partial charge in [-0.15, -0.1) is 0 Å². The highest BCUT2D eigenvalue weighted by Gasteiger charge is 2.26. The van der Waals surface area contributed by atoms with Crippen molar-refractivity contribution in [2.75, 3.05) is 0 Å². The van der Waals surface area contributed by atoms with Crippen molar-refractivity contribution in [2.24, 2.45) is 17.1 Å². The smallest absolute Gasteiger partial charge is 0.0504 e. The first kappa shape index (κ1) is 13.3. The third kappa shape index (κ3) is 3.18. The van der Waals surface area contributed by atoms with Crippen molar-refractivity contribution < 1.29 is 0 Å². The quantitative estimate of drug-likeness (QED) is 0.732. The molecule has 2 heteroatoms. The Morgan fingerprint density at radius 2 is 2.06 bits per heavy atom. The minimum atomic E-state index is 0.298. The zero-order chi connectivity index (χ0) is 13.2. The first-order valence-electron chi connectivity index (χ1n) is 7.07. The van der Waals surface area contributed by atoms with Gasteiger partial charge in [0, 0.05) is 11.7 Å². The second kappa shape index (κ2) is 5.21. The van der Waals surface area contributed by atoms with Gasteiger partial charge in [0.05, 0.1) is 5.70 Å². The van der Waals surface area contributed by atoms with Gasteiger partial charge in [0.2, 0.25) is 0 Å². The Hall–Kier alpha value is -1.18. The Morgan fingerprint density at radius 3 is 2.67 bits per heavy atom. The SMILES string of the molecule is CC(C)(C)[C@@H]1C=CC(N)=C(NC2C=CCCC2)C1. The van der Waals surface area contributed by atoms with E-state index < -0.39 is 0 Å². The summed E-state index contributed by atoms with van der Waals surface area (Å²) in [7, 11) is 0. The molecule has 2 nitrogen and oxygen atoms in total. The largest absolute Gasteiger partial charge is 0.397 e. The van der Waals surface area contributed by atoms with Crippen molar-refractivity contribution in [3.63, 3.8) is 0 Å². The molecule has 0 aromatic carbocycles. The maximum atomic E-state index is 6.11. The summed E-state index contributed by atoms with van der Waals surface area (Å²) in [6.07, 6.45) is 13.7. The van der Waals surface area contributed by atoms with E-state index in [9.17, 15) is 0 Å². The third-order valence-electron chi connectivity index (χ3n) is 4.01. The Morgan fingerprint density at radius 1 is 1.28 bits per heavy atom. The van der Waals surface area contributed by atoms with Crippen LogP contribution in [-0.4, -0.2) is 6.04 Å². The molecule has 0 heterocycles. The monoisotopic (exact) mass is 246 g/mol. The van der Waals surface area contributed by atoms with E-state index in [1.807, 2.05) is 0 Å². The highest BCUT2D eigenvalue weighted by Crippen LogP contribution is 2.35. The molecule has 2 aliphatic rings.